The lowest BCUT2D eigenvalue weighted by Gasteiger charge is -2.26. The van der Waals surface area contributed by atoms with Gasteiger partial charge in [0.05, 0.1) is 11.9 Å². The third-order valence-corrected chi connectivity index (χ3v) is 5.04. The molecule has 0 fully saturated rings. The summed E-state index contributed by atoms with van der Waals surface area (Å²) in [4.78, 5) is 14.7. The summed E-state index contributed by atoms with van der Waals surface area (Å²) >= 11 is 0. The Balaban J connectivity index is 1.76. The number of hydrogen-bond donors (Lipinski definition) is 3. The van der Waals surface area contributed by atoms with Gasteiger partial charge in [-0.3, -0.25) is 9.69 Å². The van der Waals surface area contributed by atoms with Crippen LogP contribution in [0.4, 0.5) is 0 Å². The largest absolute Gasteiger partial charge is 0.507 e. The molecule has 0 spiro atoms. The number of nitrogens with two attached hydrogens (primary N) is 1. The van der Waals surface area contributed by atoms with Crippen molar-refractivity contribution in [1.82, 2.24) is 10.3 Å². The lowest BCUT2D eigenvalue weighted by atomic mass is 10.1. The second kappa shape index (κ2) is 8.33. The number of aryl methyl sites for hydroxylation is 1. The Morgan fingerprint density at radius 3 is 2.70 bits per heavy atom. The zero-order valence-electron chi connectivity index (χ0n) is 15.8. The summed E-state index contributed by atoms with van der Waals surface area (Å²) in [6, 6.07) is 12.7. The van der Waals surface area contributed by atoms with Crippen LogP contribution in [-0.2, 0) is 6.42 Å². The van der Waals surface area contributed by atoms with Gasteiger partial charge in [-0.25, -0.2) is 5.43 Å². The number of hydrogen-bond acceptors (Lipinski definition) is 5. The lowest BCUT2D eigenvalue weighted by molar-refractivity contribution is 0.0954. The maximum absolute atomic E-state index is 12.5. The predicted octanol–water partition coefficient (Wildman–Crippen LogP) is 2.77. The maximum atomic E-state index is 12.5. The predicted molar refractivity (Wildman–Crippen MR) is 107 cm³/mol. The van der Waals surface area contributed by atoms with Gasteiger partial charge in [-0.2, -0.15) is 5.10 Å². The molecule has 0 heterocycles. The fraction of sp³-hybridized carbons (Fsp3) is 0.333. The van der Waals surface area contributed by atoms with E-state index in [2.05, 4.69) is 29.3 Å². The van der Waals surface area contributed by atoms with Gasteiger partial charge >= 0.3 is 0 Å². The number of nitrogens with one attached hydrogen (secondary N) is 1. The van der Waals surface area contributed by atoms with Crippen LogP contribution in [0.25, 0.3) is 0 Å². The van der Waals surface area contributed by atoms with Crippen molar-refractivity contribution >= 4 is 11.6 Å². The molecule has 4 N–H and O–H groups in total. The molecule has 6 nitrogen and oxygen atoms in total. The second-order valence-corrected chi connectivity index (χ2v) is 6.60. The molecular formula is C21H26N4O2. The zero-order valence-corrected chi connectivity index (χ0v) is 15.8. The summed E-state index contributed by atoms with van der Waals surface area (Å²) in [5.74, 6) is -0.0924. The molecule has 0 aromatic heterocycles. The van der Waals surface area contributed by atoms with Gasteiger partial charge in [0.25, 0.3) is 5.91 Å². The molecule has 1 unspecified atom stereocenters. The number of rotatable bonds is 6. The molecule has 1 atom stereocenters. The van der Waals surface area contributed by atoms with Crippen LogP contribution in [0.3, 0.4) is 0 Å². The first-order valence-corrected chi connectivity index (χ1v) is 9.32. The van der Waals surface area contributed by atoms with Crippen molar-refractivity contribution in [2.75, 3.05) is 13.1 Å². The number of carbonyl (C=O) groups excluding carboxylic acids is 1. The lowest BCUT2D eigenvalue weighted by Crippen LogP contribution is -2.34. The highest BCUT2D eigenvalue weighted by Gasteiger charge is 2.21. The van der Waals surface area contributed by atoms with E-state index in [4.69, 9.17) is 5.73 Å². The minimum Gasteiger partial charge on any atom is -0.507 e. The fourth-order valence-corrected chi connectivity index (χ4v) is 3.49. The van der Waals surface area contributed by atoms with Crippen molar-refractivity contribution in [1.29, 1.82) is 0 Å². The molecule has 0 saturated heterocycles. The Kier molecular flexibility index (Phi) is 5.88. The van der Waals surface area contributed by atoms with E-state index in [1.807, 2.05) is 24.3 Å². The molecule has 142 valence electrons. The number of benzene rings is 2. The molecule has 1 amide bonds. The number of fused-ring (bicyclic) bond motifs is 1. The van der Waals surface area contributed by atoms with E-state index >= 15 is 0 Å². The van der Waals surface area contributed by atoms with Crippen LogP contribution in [0.15, 0.2) is 47.6 Å². The number of aromatic hydroxyl groups is 1. The van der Waals surface area contributed by atoms with Gasteiger partial charge in [0.15, 0.2) is 0 Å². The molecule has 1 aliphatic rings. The SMILES string of the molecule is CCN(CC)C(N)c1cccc(C(=O)N/N=C2\CCc3cccc(O)c32)c1. The van der Waals surface area contributed by atoms with Gasteiger partial charge < -0.3 is 10.8 Å². The van der Waals surface area contributed by atoms with Crippen molar-refractivity contribution < 1.29 is 9.90 Å². The molecule has 27 heavy (non-hydrogen) atoms. The van der Waals surface area contributed by atoms with Crippen molar-refractivity contribution in [3.8, 4) is 5.75 Å². The molecule has 2 aromatic carbocycles. The fourth-order valence-electron chi connectivity index (χ4n) is 3.49. The number of phenolic OH excluding ortho intramolecular Hbond substituents is 1. The Labute approximate surface area is 159 Å². The molecule has 0 saturated carbocycles. The standard InChI is InChI=1S/C21H26N4O2/c1-3-25(4-2)20(22)15-8-5-9-16(13-15)21(27)24-23-17-12-11-14-7-6-10-18(26)19(14)17/h5-10,13,20,26H,3-4,11-12,22H2,1-2H3,(H,24,27)/b23-17+. The zero-order chi connectivity index (χ0) is 19.4. The molecule has 6 heteroatoms. The first-order valence-electron chi connectivity index (χ1n) is 9.32. The number of nitrogens with zero attached hydrogens (tertiary/aromatic N) is 2. The normalized spacial score (nSPS) is 15.8. The van der Waals surface area contributed by atoms with E-state index in [1.54, 1.807) is 18.2 Å². The summed E-state index contributed by atoms with van der Waals surface area (Å²) in [5.41, 5.74) is 12.8. The van der Waals surface area contributed by atoms with Crippen LogP contribution in [0.2, 0.25) is 0 Å². The summed E-state index contributed by atoms with van der Waals surface area (Å²) in [6.07, 6.45) is 1.25. The van der Waals surface area contributed by atoms with Crippen LogP contribution >= 0.6 is 0 Å². The average Bonchev–Trinajstić information content (AvgIpc) is 3.11. The van der Waals surface area contributed by atoms with Gasteiger partial charge in [-0.1, -0.05) is 38.1 Å². The quantitative estimate of drug-likeness (QED) is 0.542. The highest BCUT2D eigenvalue weighted by molar-refractivity contribution is 6.07. The van der Waals surface area contributed by atoms with E-state index in [0.29, 0.717) is 17.7 Å². The molecule has 3 rings (SSSR count). The van der Waals surface area contributed by atoms with Gasteiger partial charge in [0.1, 0.15) is 5.75 Å². The van der Waals surface area contributed by atoms with Gasteiger partial charge in [0.2, 0.25) is 0 Å². The first-order chi connectivity index (χ1) is 13.0. The number of phenols is 1. The van der Waals surface area contributed by atoms with Crippen molar-refractivity contribution in [3.63, 3.8) is 0 Å². The maximum Gasteiger partial charge on any atom is 0.271 e. The Bertz CT molecular complexity index is 859. The molecule has 0 aliphatic heterocycles. The number of carbonyl (C=O) groups is 1. The minimum atomic E-state index is -0.292. The third-order valence-electron chi connectivity index (χ3n) is 5.04. The third kappa shape index (κ3) is 4.02. The molecule has 0 radical (unpaired) electrons. The average molecular weight is 366 g/mol. The van der Waals surface area contributed by atoms with Crippen LogP contribution in [-0.4, -0.2) is 34.7 Å². The number of amides is 1. The summed E-state index contributed by atoms with van der Waals surface area (Å²) in [5, 5.41) is 14.3. The van der Waals surface area contributed by atoms with E-state index in [1.165, 1.54) is 0 Å². The molecule has 2 aromatic rings. The van der Waals surface area contributed by atoms with Crippen molar-refractivity contribution in [2.45, 2.75) is 32.9 Å². The topological polar surface area (TPSA) is 91.0 Å². The Morgan fingerprint density at radius 2 is 1.96 bits per heavy atom. The minimum absolute atomic E-state index is 0.199. The second-order valence-electron chi connectivity index (χ2n) is 6.60. The van der Waals surface area contributed by atoms with Crippen LogP contribution < -0.4 is 11.2 Å². The highest BCUT2D eigenvalue weighted by atomic mass is 16.3. The van der Waals surface area contributed by atoms with E-state index in [-0.39, 0.29) is 17.8 Å². The smallest absolute Gasteiger partial charge is 0.271 e. The van der Waals surface area contributed by atoms with E-state index in [0.717, 1.165) is 36.2 Å². The van der Waals surface area contributed by atoms with Crippen molar-refractivity contribution in [3.05, 3.63) is 64.7 Å². The van der Waals surface area contributed by atoms with Gasteiger partial charge in [-0.15, -0.1) is 0 Å². The summed E-state index contributed by atoms with van der Waals surface area (Å²) in [6.45, 7) is 5.80. The highest BCUT2D eigenvalue weighted by Crippen LogP contribution is 2.29. The van der Waals surface area contributed by atoms with Gasteiger partial charge in [-0.05, 0) is 55.3 Å². The number of hydrazone groups is 1. The van der Waals surface area contributed by atoms with Crippen LogP contribution in [0, 0.1) is 0 Å². The van der Waals surface area contributed by atoms with Crippen LogP contribution in [0.1, 0.15) is 53.5 Å². The molecular weight excluding hydrogens is 340 g/mol. The summed E-state index contributed by atoms with van der Waals surface area (Å²) in [7, 11) is 0. The van der Waals surface area contributed by atoms with Gasteiger partial charge in [0, 0.05) is 11.1 Å². The van der Waals surface area contributed by atoms with E-state index < -0.39 is 0 Å². The van der Waals surface area contributed by atoms with Crippen molar-refractivity contribution in [2.24, 2.45) is 10.8 Å². The molecule has 1 aliphatic carbocycles. The van der Waals surface area contributed by atoms with Crippen LogP contribution in [0.5, 0.6) is 5.75 Å². The Morgan fingerprint density at radius 1 is 1.22 bits per heavy atom. The Hall–Kier alpha value is -2.70. The first kappa shape index (κ1) is 19.1. The molecule has 0 bridgehead atoms. The summed E-state index contributed by atoms with van der Waals surface area (Å²) < 4.78 is 0. The van der Waals surface area contributed by atoms with E-state index in [9.17, 15) is 9.90 Å². The monoisotopic (exact) mass is 366 g/mol.